The molecule has 2 heteroatoms. The van der Waals surface area contributed by atoms with Gasteiger partial charge in [-0.1, -0.05) is 30.3 Å². The van der Waals surface area contributed by atoms with Gasteiger partial charge in [-0.05, 0) is 29.3 Å². The van der Waals surface area contributed by atoms with E-state index in [2.05, 4.69) is 6.07 Å². The highest BCUT2D eigenvalue weighted by atomic mass is 14.6. The Bertz CT molecular complexity index is 420. The molecule has 1 radical (unpaired) electrons. The van der Waals surface area contributed by atoms with Crippen molar-refractivity contribution in [3.05, 3.63) is 59.7 Å². The van der Waals surface area contributed by atoms with E-state index in [1.54, 1.807) is 6.07 Å². The second kappa shape index (κ2) is 4.05. The zero-order chi connectivity index (χ0) is 10.7. The molecule has 0 atom stereocenters. The summed E-state index contributed by atoms with van der Waals surface area (Å²) in [6, 6.07) is 16.4. The molecule has 75 valence electrons. The van der Waals surface area contributed by atoms with Crippen LogP contribution in [0.25, 0.3) is 0 Å². The van der Waals surface area contributed by atoms with Crippen molar-refractivity contribution in [1.29, 1.82) is 0 Å². The van der Waals surface area contributed by atoms with E-state index < -0.39 is 0 Å². The maximum absolute atomic E-state index is 5.87. The summed E-state index contributed by atoms with van der Waals surface area (Å²) in [6.07, 6.45) is 0.771. The molecule has 0 aliphatic carbocycles. The third kappa shape index (κ3) is 2.10. The summed E-state index contributed by atoms with van der Waals surface area (Å²) in [7, 11) is 0. The highest BCUT2D eigenvalue weighted by molar-refractivity contribution is 5.53. The monoisotopic (exact) mass is 197 g/mol. The summed E-state index contributed by atoms with van der Waals surface area (Å²) in [5.41, 5.74) is 15.5. The first-order valence-electron chi connectivity index (χ1n) is 4.85. The molecule has 0 amide bonds. The van der Waals surface area contributed by atoms with Gasteiger partial charge in [-0.2, -0.15) is 0 Å². The molecular weight excluding hydrogens is 184 g/mol. The van der Waals surface area contributed by atoms with Gasteiger partial charge in [-0.3, -0.25) is 0 Å². The molecule has 0 heterocycles. The van der Waals surface area contributed by atoms with Gasteiger partial charge in [0.25, 0.3) is 0 Å². The van der Waals surface area contributed by atoms with Crippen LogP contribution < -0.4 is 11.5 Å². The average Bonchev–Trinajstić information content (AvgIpc) is 2.24. The van der Waals surface area contributed by atoms with E-state index in [9.17, 15) is 0 Å². The quantitative estimate of drug-likeness (QED) is 0.725. The van der Waals surface area contributed by atoms with Crippen LogP contribution in [-0.2, 0) is 6.42 Å². The lowest BCUT2D eigenvalue weighted by atomic mass is 10.0. The molecule has 0 aromatic heterocycles. The van der Waals surface area contributed by atoms with Crippen LogP contribution in [-0.4, -0.2) is 0 Å². The van der Waals surface area contributed by atoms with Gasteiger partial charge in [-0.25, -0.2) is 0 Å². The zero-order valence-corrected chi connectivity index (χ0v) is 8.40. The normalized spacial score (nSPS) is 10.1. The Morgan fingerprint density at radius 3 is 2.40 bits per heavy atom. The van der Waals surface area contributed by atoms with E-state index in [0.29, 0.717) is 0 Å². The van der Waals surface area contributed by atoms with E-state index in [4.69, 9.17) is 11.5 Å². The Kier molecular flexibility index (Phi) is 2.59. The van der Waals surface area contributed by atoms with Crippen molar-refractivity contribution in [1.82, 2.24) is 0 Å². The molecule has 0 unspecified atom stereocenters. The van der Waals surface area contributed by atoms with Crippen LogP contribution in [0.4, 0.5) is 11.4 Å². The molecule has 0 spiro atoms. The van der Waals surface area contributed by atoms with Gasteiger partial charge in [0, 0.05) is 17.8 Å². The van der Waals surface area contributed by atoms with Gasteiger partial charge < -0.3 is 11.5 Å². The minimum atomic E-state index is 0.765. The first-order chi connectivity index (χ1) is 7.27. The van der Waals surface area contributed by atoms with Crippen LogP contribution in [0, 0.1) is 6.07 Å². The molecule has 2 aromatic carbocycles. The van der Waals surface area contributed by atoms with E-state index in [1.807, 2.05) is 36.4 Å². The molecule has 0 aliphatic heterocycles. The highest BCUT2D eigenvalue weighted by Crippen LogP contribution is 2.19. The van der Waals surface area contributed by atoms with Gasteiger partial charge in [0.1, 0.15) is 0 Å². The zero-order valence-electron chi connectivity index (χ0n) is 8.40. The van der Waals surface area contributed by atoms with Crippen LogP contribution in [0.5, 0.6) is 0 Å². The fourth-order valence-electron chi connectivity index (χ4n) is 1.54. The first kappa shape index (κ1) is 9.59. The number of rotatable bonds is 2. The van der Waals surface area contributed by atoms with E-state index in [0.717, 1.165) is 28.9 Å². The van der Waals surface area contributed by atoms with E-state index in [1.165, 1.54) is 0 Å². The molecule has 0 bridgehead atoms. The Morgan fingerprint density at radius 2 is 1.67 bits per heavy atom. The average molecular weight is 197 g/mol. The van der Waals surface area contributed by atoms with Crippen LogP contribution in [0.2, 0.25) is 0 Å². The molecule has 0 aliphatic rings. The highest BCUT2D eigenvalue weighted by Gasteiger charge is 2.02. The minimum absolute atomic E-state index is 0.765. The maximum atomic E-state index is 5.87. The molecule has 4 N–H and O–H groups in total. The van der Waals surface area contributed by atoms with Crippen molar-refractivity contribution < 1.29 is 0 Å². The third-order valence-corrected chi connectivity index (χ3v) is 2.43. The number of anilines is 2. The largest absolute Gasteiger partial charge is 0.398 e. The maximum Gasteiger partial charge on any atom is 0.0356 e. The topological polar surface area (TPSA) is 52.0 Å². The van der Waals surface area contributed by atoms with Crippen molar-refractivity contribution in [3.8, 4) is 0 Å². The Hall–Kier alpha value is -1.96. The summed E-state index contributed by atoms with van der Waals surface area (Å²) >= 11 is 0. The van der Waals surface area contributed by atoms with Crippen molar-refractivity contribution >= 4 is 11.4 Å². The van der Waals surface area contributed by atoms with E-state index >= 15 is 0 Å². The van der Waals surface area contributed by atoms with Gasteiger partial charge in [0.2, 0.25) is 0 Å². The second-order valence-corrected chi connectivity index (χ2v) is 3.50. The van der Waals surface area contributed by atoms with E-state index in [-0.39, 0.29) is 0 Å². The Morgan fingerprint density at radius 1 is 0.933 bits per heavy atom. The Balaban J connectivity index is 2.30. The molecular formula is C13H13N2. The van der Waals surface area contributed by atoms with Crippen LogP contribution in [0.15, 0.2) is 42.5 Å². The first-order valence-corrected chi connectivity index (χ1v) is 4.85. The van der Waals surface area contributed by atoms with Gasteiger partial charge in [-0.15, -0.1) is 0 Å². The summed E-state index contributed by atoms with van der Waals surface area (Å²) in [4.78, 5) is 0. The van der Waals surface area contributed by atoms with Crippen molar-refractivity contribution in [3.63, 3.8) is 0 Å². The lowest BCUT2D eigenvalue weighted by molar-refractivity contribution is 1.20. The number of nitrogen functional groups attached to an aromatic ring is 2. The lowest BCUT2D eigenvalue weighted by Crippen LogP contribution is -1.98. The van der Waals surface area contributed by atoms with Crippen LogP contribution in [0.1, 0.15) is 11.1 Å². The third-order valence-electron chi connectivity index (χ3n) is 2.43. The van der Waals surface area contributed by atoms with Crippen molar-refractivity contribution in [2.75, 3.05) is 11.5 Å². The van der Waals surface area contributed by atoms with Gasteiger partial charge in [0.15, 0.2) is 0 Å². The molecule has 2 aromatic rings. The summed E-state index contributed by atoms with van der Waals surface area (Å²) in [6.45, 7) is 0. The SMILES string of the molecule is Nc1c[c]ccc1Cc1ccccc1N. The lowest BCUT2D eigenvalue weighted by Gasteiger charge is -2.07. The predicted molar refractivity (Wildman–Crippen MR) is 63.4 cm³/mol. The number of nitrogens with two attached hydrogens (primary N) is 2. The summed E-state index contributed by atoms with van der Waals surface area (Å²) in [5, 5.41) is 0. The Labute approximate surface area is 89.5 Å². The second-order valence-electron chi connectivity index (χ2n) is 3.50. The smallest absolute Gasteiger partial charge is 0.0356 e. The molecule has 0 saturated carbocycles. The van der Waals surface area contributed by atoms with Crippen molar-refractivity contribution in [2.45, 2.75) is 6.42 Å². The fourth-order valence-corrected chi connectivity index (χ4v) is 1.54. The van der Waals surface area contributed by atoms with Crippen LogP contribution in [0.3, 0.4) is 0 Å². The number of para-hydroxylation sites is 1. The predicted octanol–water partition coefficient (Wildman–Crippen LogP) is 2.24. The van der Waals surface area contributed by atoms with Gasteiger partial charge >= 0.3 is 0 Å². The summed E-state index contributed by atoms with van der Waals surface area (Å²) < 4.78 is 0. The molecule has 15 heavy (non-hydrogen) atoms. The fraction of sp³-hybridized carbons (Fsp3) is 0.0769. The number of hydrogen-bond donors (Lipinski definition) is 2. The molecule has 0 fully saturated rings. The van der Waals surface area contributed by atoms with Crippen molar-refractivity contribution in [2.24, 2.45) is 0 Å². The van der Waals surface area contributed by atoms with Crippen LogP contribution >= 0.6 is 0 Å². The summed E-state index contributed by atoms with van der Waals surface area (Å²) in [5.74, 6) is 0. The molecule has 0 saturated heterocycles. The minimum Gasteiger partial charge on any atom is -0.398 e. The molecule has 2 rings (SSSR count). The number of hydrogen-bond acceptors (Lipinski definition) is 2. The molecule has 2 nitrogen and oxygen atoms in total. The standard InChI is InChI=1S/C13H13N2/c14-12-7-3-1-5-10(12)9-11-6-2-4-8-13(11)15/h1-3,5-8H,9,14-15H2. The number of benzene rings is 2. The van der Waals surface area contributed by atoms with Gasteiger partial charge in [0.05, 0.1) is 0 Å².